The first-order valence-electron chi connectivity index (χ1n) is 5.59. The van der Waals surface area contributed by atoms with Crippen molar-refractivity contribution in [1.29, 1.82) is 0 Å². The lowest BCUT2D eigenvalue weighted by molar-refractivity contribution is -0.529. The zero-order chi connectivity index (χ0) is 12.6. The maximum Gasteiger partial charge on any atom is 0.303 e. The van der Waals surface area contributed by atoms with Crippen molar-refractivity contribution in [3.8, 4) is 0 Å². The molecule has 0 spiro atoms. The zero-order valence-electron chi connectivity index (χ0n) is 9.81. The van der Waals surface area contributed by atoms with Gasteiger partial charge in [-0.05, 0) is 12.3 Å². The summed E-state index contributed by atoms with van der Waals surface area (Å²) in [7, 11) is 0. The van der Waals surface area contributed by atoms with E-state index in [2.05, 4.69) is 5.32 Å². The Morgan fingerprint density at radius 3 is 2.50 bits per heavy atom. The molecule has 16 heavy (non-hydrogen) atoms. The van der Waals surface area contributed by atoms with E-state index in [4.69, 9.17) is 5.11 Å². The number of carboxylic acid groups (broad SMARTS) is 1. The Labute approximate surface area is 95.2 Å². The minimum absolute atomic E-state index is 0.0310. The second-order valence-corrected chi connectivity index (χ2v) is 3.87. The van der Waals surface area contributed by atoms with E-state index in [1.165, 1.54) is 0 Å². The van der Waals surface area contributed by atoms with Crippen LogP contribution in [0.2, 0.25) is 0 Å². The van der Waals surface area contributed by atoms with Crippen LogP contribution in [-0.2, 0) is 4.79 Å². The van der Waals surface area contributed by atoms with Gasteiger partial charge in [0.15, 0.2) is 0 Å². The number of nitro groups is 1. The first kappa shape index (κ1) is 14.8. The molecule has 94 valence electrons. The van der Waals surface area contributed by atoms with Crippen molar-refractivity contribution in [3.05, 3.63) is 10.1 Å². The van der Waals surface area contributed by atoms with Gasteiger partial charge in [-0.1, -0.05) is 20.3 Å². The molecule has 0 aliphatic heterocycles. The lowest BCUT2D eigenvalue weighted by Crippen LogP contribution is -2.39. The molecule has 0 aromatic rings. The van der Waals surface area contributed by atoms with Gasteiger partial charge in [-0.3, -0.25) is 20.2 Å². The normalized spacial score (nSPS) is 14.4. The monoisotopic (exact) mass is 232 g/mol. The SMILES string of the molecule is CCCC(CNC(CC)[N+](=O)[O-])CC(=O)O. The van der Waals surface area contributed by atoms with Gasteiger partial charge in [0.1, 0.15) is 0 Å². The fourth-order valence-electron chi connectivity index (χ4n) is 1.60. The van der Waals surface area contributed by atoms with E-state index in [1.54, 1.807) is 6.92 Å². The Hall–Kier alpha value is -1.17. The number of carbonyl (C=O) groups is 1. The third kappa shape index (κ3) is 6.34. The Bertz CT molecular complexity index is 233. The van der Waals surface area contributed by atoms with Gasteiger partial charge in [0, 0.05) is 24.3 Å². The van der Waals surface area contributed by atoms with E-state index in [0.717, 1.165) is 12.8 Å². The molecule has 0 aliphatic carbocycles. The summed E-state index contributed by atoms with van der Waals surface area (Å²) in [5.41, 5.74) is 0. The van der Waals surface area contributed by atoms with Crippen molar-refractivity contribution in [2.24, 2.45) is 5.92 Å². The molecule has 0 aliphatic rings. The summed E-state index contributed by atoms with van der Waals surface area (Å²) in [6.07, 6.45) is 1.35. The van der Waals surface area contributed by atoms with Gasteiger partial charge in [0.25, 0.3) is 6.17 Å². The second-order valence-electron chi connectivity index (χ2n) is 3.87. The van der Waals surface area contributed by atoms with Gasteiger partial charge in [0.05, 0.1) is 0 Å². The minimum Gasteiger partial charge on any atom is -0.481 e. The van der Waals surface area contributed by atoms with E-state index in [9.17, 15) is 14.9 Å². The zero-order valence-corrected chi connectivity index (χ0v) is 9.81. The van der Waals surface area contributed by atoms with Crippen LogP contribution in [0.3, 0.4) is 0 Å². The topological polar surface area (TPSA) is 92.5 Å². The highest BCUT2D eigenvalue weighted by Gasteiger charge is 2.19. The van der Waals surface area contributed by atoms with Crippen LogP contribution < -0.4 is 5.32 Å². The first-order chi connectivity index (χ1) is 7.51. The molecule has 0 heterocycles. The predicted octanol–water partition coefficient (Wildman–Crippen LogP) is 1.48. The molecule has 0 bridgehead atoms. The van der Waals surface area contributed by atoms with Crippen molar-refractivity contribution in [2.75, 3.05) is 6.54 Å². The molecule has 0 rings (SSSR count). The maximum absolute atomic E-state index is 10.6. The molecule has 2 atom stereocenters. The minimum atomic E-state index is -0.852. The Balaban J connectivity index is 4.08. The van der Waals surface area contributed by atoms with Crippen molar-refractivity contribution >= 4 is 5.97 Å². The summed E-state index contributed by atoms with van der Waals surface area (Å²) < 4.78 is 0. The number of aliphatic carboxylic acids is 1. The molecule has 6 heteroatoms. The lowest BCUT2D eigenvalue weighted by atomic mass is 10.00. The molecule has 6 nitrogen and oxygen atoms in total. The molecule has 0 fully saturated rings. The molecule has 0 radical (unpaired) electrons. The molecule has 2 unspecified atom stereocenters. The number of nitrogens with zero attached hydrogens (tertiary/aromatic N) is 1. The van der Waals surface area contributed by atoms with Crippen LogP contribution in [0, 0.1) is 16.0 Å². The summed E-state index contributed by atoms with van der Waals surface area (Å²) in [4.78, 5) is 20.7. The van der Waals surface area contributed by atoms with E-state index < -0.39 is 12.1 Å². The van der Waals surface area contributed by atoms with Gasteiger partial charge in [0.2, 0.25) is 0 Å². The average molecular weight is 232 g/mol. The summed E-state index contributed by atoms with van der Waals surface area (Å²) in [6, 6.07) is 0. The van der Waals surface area contributed by atoms with E-state index >= 15 is 0 Å². The van der Waals surface area contributed by atoms with Crippen LogP contribution in [0.4, 0.5) is 0 Å². The molecular weight excluding hydrogens is 212 g/mol. The van der Waals surface area contributed by atoms with Gasteiger partial charge >= 0.3 is 5.97 Å². The van der Waals surface area contributed by atoms with E-state index in [-0.39, 0.29) is 17.3 Å². The quantitative estimate of drug-likeness (QED) is 0.357. The molecular formula is C10H20N2O4. The predicted molar refractivity (Wildman–Crippen MR) is 59.7 cm³/mol. The van der Waals surface area contributed by atoms with Gasteiger partial charge < -0.3 is 5.11 Å². The molecule has 2 N–H and O–H groups in total. The van der Waals surface area contributed by atoms with Crippen LogP contribution in [0.5, 0.6) is 0 Å². The standard InChI is InChI=1S/C10H20N2O4/c1-3-5-8(6-10(13)14)7-11-9(4-2)12(15)16/h8-9,11H,3-7H2,1-2H3,(H,13,14). The first-order valence-corrected chi connectivity index (χ1v) is 5.59. The highest BCUT2D eigenvalue weighted by Crippen LogP contribution is 2.10. The second kappa shape index (κ2) is 8.04. The molecule has 0 aromatic heterocycles. The van der Waals surface area contributed by atoms with E-state index in [1.807, 2.05) is 6.92 Å². The fraction of sp³-hybridized carbons (Fsp3) is 0.900. The van der Waals surface area contributed by atoms with Crippen molar-refractivity contribution in [1.82, 2.24) is 5.32 Å². The van der Waals surface area contributed by atoms with Crippen molar-refractivity contribution < 1.29 is 14.8 Å². The van der Waals surface area contributed by atoms with Crippen LogP contribution in [-0.4, -0.2) is 28.7 Å². The number of nitrogens with one attached hydrogen (secondary N) is 1. The summed E-state index contributed by atoms with van der Waals surface area (Å²) in [5.74, 6) is -0.883. The molecule has 0 amide bonds. The smallest absolute Gasteiger partial charge is 0.303 e. The third-order valence-corrected chi connectivity index (χ3v) is 2.44. The largest absolute Gasteiger partial charge is 0.481 e. The van der Waals surface area contributed by atoms with Crippen LogP contribution in [0.15, 0.2) is 0 Å². The van der Waals surface area contributed by atoms with E-state index in [0.29, 0.717) is 13.0 Å². The molecule has 0 saturated heterocycles. The van der Waals surface area contributed by atoms with Crippen LogP contribution in [0.25, 0.3) is 0 Å². The number of rotatable bonds is 9. The average Bonchev–Trinajstić information content (AvgIpc) is 2.17. The Kier molecular flexibility index (Phi) is 7.45. The molecule has 0 saturated carbocycles. The lowest BCUT2D eigenvalue weighted by Gasteiger charge is -2.16. The summed E-state index contributed by atoms with van der Waals surface area (Å²) >= 11 is 0. The van der Waals surface area contributed by atoms with Crippen molar-refractivity contribution in [2.45, 2.75) is 45.7 Å². The van der Waals surface area contributed by atoms with Crippen LogP contribution in [0.1, 0.15) is 39.5 Å². The fourth-order valence-corrected chi connectivity index (χ4v) is 1.60. The number of hydrogen-bond donors (Lipinski definition) is 2. The molecule has 0 aromatic carbocycles. The van der Waals surface area contributed by atoms with Gasteiger partial charge in [-0.2, -0.15) is 0 Å². The van der Waals surface area contributed by atoms with Gasteiger partial charge in [-0.25, -0.2) is 0 Å². The number of hydrogen-bond acceptors (Lipinski definition) is 4. The van der Waals surface area contributed by atoms with Gasteiger partial charge in [-0.15, -0.1) is 0 Å². The highest BCUT2D eigenvalue weighted by molar-refractivity contribution is 5.67. The van der Waals surface area contributed by atoms with Crippen molar-refractivity contribution in [3.63, 3.8) is 0 Å². The number of carboxylic acids is 1. The maximum atomic E-state index is 10.6. The summed E-state index contributed by atoms with van der Waals surface area (Å²) in [5, 5.41) is 22.0. The highest BCUT2D eigenvalue weighted by atomic mass is 16.6. The summed E-state index contributed by atoms with van der Waals surface area (Å²) in [6.45, 7) is 4.09. The van der Waals surface area contributed by atoms with Crippen LogP contribution >= 0.6 is 0 Å². The Morgan fingerprint density at radius 2 is 2.12 bits per heavy atom. The Morgan fingerprint density at radius 1 is 1.50 bits per heavy atom. The third-order valence-electron chi connectivity index (χ3n) is 2.44.